The Kier molecular flexibility index (Phi) is 6.73. The van der Waals surface area contributed by atoms with Crippen molar-refractivity contribution in [1.29, 1.82) is 0 Å². The van der Waals surface area contributed by atoms with E-state index in [1.165, 1.54) is 17.3 Å². The number of ether oxygens (including phenoxy) is 1. The van der Waals surface area contributed by atoms with Gasteiger partial charge >= 0.3 is 0 Å². The van der Waals surface area contributed by atoms with Crippen molar-refractivity contribution >= 4 is 44.6 Å². The minimum Gasteiger partial charge on any atom is -0.495 e. The molecular formula is C23H26ClN5O3S. The molecule has 0 radical (unpaired) electrons. The first-order valence-corrected chi connectivity index (χ1v) is 12.5. The summed E-state index contributed by atoms with van der Waals surface area (Å²) in [6, 6.07) is 10.7. The van der Waals surface area contributed by atoms with Crippen LogP contribution in [0.4, 0.5) is 23.1 Å². The maximum Gasteiger partial charge on any atom is 0.229 e. The number of fused-ring (bicyclic) bond motifs is 1. The normalized spacial score (nSPS) is 13.5. The first-order valence-electron chi connectivity index (χ1n) is 10.6. The highest BCUT2D eigenvalue weighted by atomic mass is 35.5. The van der Waals surface area contributed by atoms with Crippen molar-refractivity contribution in [3.05, 3.63) is 58.7 Å². The van der Waals surface area contributed by atoms with Gasteiger partial charge in [0.2, 0.25) is 5.95 Å². The second-order valence-corrected chi connectivity index (χ2v) is 10.9. The van der Waals surface area contributed by atoms with Crippen LogP contribution in [0.1, 0.15) is 25.0 Å². The fourth-order valence-corrected chi connectivity index (χ4v) is 4.95. The van der Waals surface area contributed by atoms with Crippen LogP contribution in [0.5, 0.6) is 5.75 Å². The van der Waals surface area contributed by atoms with E-state index in [-0.39, 0.29) is 9.92 Å². The number of aromatic nitrogens is 2. The third-order valence-electron chi connectivity index (χ3n) is 5.47. The number of hydrogen-bond acceptors (Lipinski definition) is 8. The number of halogens is 1. The van der Waals surface area contributed by atoms with Crippen LogP contribution in [-0.2, 0) is 22.8 Å². The number of benzene rings is 2. The van der Waals surface area contributed by atoms with Gasteiger partial charge in [0.25, 0.3) is 0 Å². The zero-order valence-corrected chi connectivity index (χ0v) is 20.2. The van der Waals surface area contributed by atoms with Gasteiger partial charge in [0, 0.05) is 6.54 Å². The second-order valence-electron chi connectivity index (χ2n) is 7.98. The monoisotopic (exact) mass is 487 g/mol. The van der Waals surface area contributed by atoms with Gasteiger partial charge in [0.15, 0.2) is 15.7 Å². The molecule has 10 heteroatoms. The van der Waals surface area contributed by atoms with Crippen molar-refractivity contribution in [1.82, 2.24) is 15.3 Å². The lowest BCUT2D eigenvalue weighted by Crippen LogP contribution is -2.23. The molecule has 1 aliphatic heterocycles. The molecule has 4 rings (SSSR count). The van der Waals surface area contributed by atoms with E-state index in [0.29, 0.717) is 23.2 Å². The molecule has 0 bridgehead atoms. The van der Waals surface area contributed by atoms with E-state index in [0.717, 1.165) is 25.2 Å². The highest BCUT2D eigenvalue weighted by Crippen LogP contribution is 2.34. The molecule has 0 amide bonds. The topological polar surface area (TPSA) is 105 Å². The molecule has 0 saturated carbocycles. The van der Waals surface area contributed by atoms with E-state index < -0.39 is 15.1 Å². The summed E-state index contributed by atoms with van der Waals surface area (Å²) >= 11 is 6.34. The Balaban J connectivity index is 1.66. The number of sulfone groups is 1. The van der Waals surface area contributed by atoms with Gasteiger partial charge in [-0.1, -0.05) is 23.7 Å². The lowest BCUT2D eigenvalue weighted by molar-refractivity contribution is 0.415. The number of rotatable bonds is 7. The molecule has 0 unspecified atom stereocenters. The molecule has 174 valence electrons. The second kappa shape index (κ2) is 9.54. The Morgan fingerprint density at radius 2 is 1.91 bits per heavy atom. The zero-order chi connectivity index (χ0) is 23.6. The van der Waals surface area contributed by atoms with E-state index in [1.54, 1.807) is 45.2 Å². The van der Waals surface area contributed by atoms with Crippen molar-refractivity contribution in [2.24, 2.45) is 0 Å². The predicted octanol–water partition coefficient (Wildman–Crippen LogP) is 4.45. The van der Waals surface area contributed by atoms with Crippen molar-refractivity contribution < 1.29 is 13.2 Å². The summed E-state index contributed by atoms with van der Waals surface area (Å²) in [5.41, 5.74) is 3.58. The molecule has 3 aromatic rings. The van der Waals surface area contributed by atoms with Crippen molar-refractivity contribution in [2.75, 3.05) is 24.3 Å². The molecular weight excluding hydrogens is 462 g/mol. The standard InChI is InChI=1S/C23H26ClN5O3S/c1-14(2)33(30,31)21-7-5-4-6-18(21)27-22-17(24)13-26-23(29-22)28-19-10-15-8-9-25-12-16(15)11-20(19)32-3/h4-7,10-11,13-14,25H,8-9,12H2,1-3H3,(H2,26,27,28,29). The molecule has 3 N–H and O–H groups in total. The lowest BCUT2D eigenvalue weighted by Gasteiger charge is -2.20. The zero-order valence-electron chi connectivity index (χ0n) is 18.6. The van der Waals surface area contributed by atoms with Crippen molar-refractivity contribution in [3.8, 4) is 5.75 Å². The van der Waals surface area contributed by atoms with Crippen molar-refractivity contribution in [3.63, 3.8) is 0 Å². The van der Waals surface area contributed by atoms with Crippen molar-refractivity contribution in [2.45, 2.75) is 37.0 Å². The molecule has 0 fully saturated rings. The van der Waals surface area contributed by atoms with Gasteiger partial charge in [-0.05, 0) is 62.2 Å². The molecule has 1 aromatic heterocycles. The SMILES string of the molecule is COc1cc2c(cc1Nc1ncc(Cl)c(Nc3ccccc3S(=O)(=O)C(C)C)n1)CCNC2. The fraction of sp³-hybridized carbons (Fsp3) is 0.304. The molecule has 0 spiro atoms. The Labute approximate surface area is 198 Å². The number of anilines is 4. The van der Waals surface area contributed by atoms with Crippen LogP contribution in [0.15, 0.2) is 47.5 Å². The maximum absolute atomic E-state index is 12.8. The maximum atomic E-state index is 12.8. The fourth-order valence-electron chi connectivity index (χ4n) is 3.61. The van der Waals surface area contributed by atoms with Crippen LogP contribution in [-0.4, -0.2) is 37.3 Å². The molecule has 0 atom stereocenters. The summed E-state index contributed by atoms with van der Waals surface area (Å²) in [6.45, 7) is 5.01. The summed E-state index contributed by atoms with van der Waals surface area (Å²) < 4.78 is 31.1. The van der Waals surface area contributed by atoms with Crippen LogP contribution < -0.4 is 20.7 Å². The first-order chi connectivity index (χ1) is 15.8. The average molecular weight is 488 g/mol. The van der Waals surface area contributed by atoms with Crippen LogP contribution >= 0.6 is 11.6 Å². The van der Waals surface area contributed by atoms with E-state index >= 15 is 0 Å². The van der Waals surface area contributed by atoms with E-state index in [4.69, 9.17) is 16.3 Å². The summed E-state index contributed by atoms with van der Waals surface area (Å²) in [7, 11) is -1.89. The minimum atomic E-state index is -3.50. The van der Waals surface area contributed by atoms with E-state index in [9.17, 15) is 8.42 Å². The smallest absolute Gasteiger partial charge is 0.229 e. The number of nitrogens with zero attached hydrogens (tertiary/aromatic N) is 2. The Bertz CT molecular complexity index is 1280. The van der Waals surface area contributed by atoms with Gasteiger partial charge < -0.3 is 20.7 Å². The summed E-state index contributed by atoms with van der Waals surface area (Å²) in [5, 5.41) is 9.32. The van der Waals surface area contributed by atoms with Crippen LogP contribution in [0.25, 0.3) is 0 Å². The Morgan fingerprint density at radius 1 is 1.12 bits per heavy atom. The van der Waals surface area contributed by atoms with Crippen LogP contribution in [0.2, 0.25) is 5.02 Å². The van der Waals surface area contributed by atoms with E-state index in [1.807, 2.05) is 12.1 Å². The summed E-state index contributed by atoms with van der Waals surface area (Å²) in [6.07, 6.45) is 2.39. The molecule has 8 nitrogen and oxygen atoms in total. The van der Waals surface area contributed by atoms with Crippen LogP contribution in [0, 0.1) is 0 Å². The molecule has 0 saturated heterocycles. The van der Waals surface area contributed by atoms with Gasteiger partial charge in [-0.25, -0.2) is 13.4 Å². The minimum absolute atomic E-state index is 0.189. The quantitative estimate of drug-likeness (QED) is 0.448. The molecule has 0 aliphatic carbocycles. The first kappa shape index (κ1) is 23.3. The summed E-state index contributed by atoms with van der Waals surface area (Å²) in [4.78, 5) is 8.96. The molecule has 1 aliphatic rings. The van der Waals surface area contributed by atoms with Gasteiger partial charge in [-0.2, -0.15) is 4.98 Å². The highest BCUT2D eigenvalue weighted by molar-refractivity contribution is 7.92. The Hall–Kier alpha value is -2.88. The average Bonchev–Trinajstić information content (AvgIpc) is 2.81. The van der Waals surface area contributed by atoms with Gasteiger partial charge in [-0.15, -0.1) is 0 Å². The molecule has 2 aromatic carbocycles. The Morgan fingerprint density at radius 3 is 2.67 bits per heavy atom. The third-order valence-corrected chi connectivity index (χ3v) is 7.95. The highest BCUT2D eigenvalue weighted by Gasteiger charge is 2.23. The number of hydrogen-bond donors (Lipinski definition) is 3. The third kappa shape index (κ3) is 4.90. The largest absolute Gasteiger partial charge is 0.495 e. The number of para-hydroxylation sites is 1. The summed E-state index contributed by atoms with van der Waals surface area (Å²) in [5.74, 6) is 1.28. The molecule has 2 heterocycles. The predicted molar refractivity (Wildman–Crippen MR) is 131 cm³/mol. The van der Waals surface area contributed by atoms with E-state index in [2.05, 4.69) is 25.9 Å². The molecule has 33 heavy (non-hydrogen) atoms. The van der Waals surface area contributed by atoms with Gasteiger partial charge in [0.1, 0.15) is 10.8 Å². The van der Waals surface area contributed by atoms with Gasteiger partial charge in [-0.3, -0.25) is 0 Å². The lowest BCUT2D eigenvalue weighted by atomic mass is 10.00. The van der Waals surface area contributed by atoms with Gasteiger partial charge in [0.05, 0.1) is 34.8 Å². The number of nitrogens with one attached hydrogen (secondary N) is 3. The van der Waals surface area contributed by atoms with Crippen LogP contribution in [0.3, 0.4) is 0 Å². The number of methoxy groups -OCH3 is 1.